The summed E-state index contributed by atoms with van der Waals surface area (Å²) in [4.78, 5) is 14.7. The van der Waals surface area contributed by atoms with Crippen LogP contribution in [0.2, 0.25) is 0 Å². The number of hydrogen-bond donors (Lipinski definition) is 0. The molecule has 1 aromatic rings. The van der Waals surface area contributed by atoms with Crippen LogP contribution < -0.4 is 0 Å². The van der Waals surface area contributed by atoms with E-state index in [1.165, 1.54) is 0 Å². The zero-order valence-corrected chi connectivity index (χ0v) is 10.1. The van der Waals surface area contributed by atoms with Crippen LogP contribution in [0.25, 0.3) is 0 Å². The molecule has 3 nitrogen and oxygen atoms in total. The first-order valence-electron chi connectivity index (χ1n) is 4.02. The molecule has 0 amide bonds. The summed E-state index contributed by atoms with van der Waals surface area (Å²) in [5.74, 6) is 0. The predicted molar refractivity (Wildman–Crippen MR) is 60.2 cm³/mol. The molecule has 0 aliphatic rings. The number of halogens is 1. The lowest BCUT2D eigenvalue weighted by molar-refractivity contribution is -0.0855. The molecule has 0 aromatic heterocycles. The van der Waals surface area contributed by atoms with E-state index in [4.69, 9.17) is 0 Å². The fourth-order valence-corrected chi connectivity index (χ4v) is 0.806. The van der Waals surface area contributed by atoms with E-state index in [0.717, 1.165) is 10.8 Å². The minimum absolute atomic E-state index is 0.707. The van der Waals surface area contributed by atoms with E-state index in [1.54, 1.807) is 24.3 Å². The molecule has 0 radical (unpaired) electrons. The van der Waals surface area contributed by atoms with Gasteiger partial charge in [0, 0.05) is 24.1 Å². The molecule has 0 saturated carbocycles. The number of benzene rings is 1. The van der Waals surface area contributed by atoms with Gasteiger partial charge in [-0.05, 0) is 12.1 Å². The minimum Gasteiger partial charge on any atom is -0.303 e. The van der Waals surface area contributed by atoms with Crippen LogP contribution in [0.5, 0.6) is 0 Å². The summed E-state index contributed by atoms with van der Waals surface area (Å²) < 4.78 is 0.994. The van der Waals surface area contributed by atoms with Gasteiger partial charge in [0.25, 0.3) is 0 Å². The number of hydroxylamine groups is 2. The van der Waals surface area contributed by atoms with Crippen molar-refractivity contribution in [3.05, 3.63) is 34.3 Å². The lowest BCUT2D eigenvalue weighted by Gasteiger charge is -2.01. The molecule has 0 atom stereocenters. The van der Waals surface area contributed by atoms with Crippen LogP contribution in [0, 0.1) is 0 Å². The maximum atomic E-state index is 10.1. The van der Waals surface area contributed by atoms with Crippen molar-refractivity contribution in [3.63, 3.8) is 0 Å². The Labute approximate surface area is 92.8 Å². The molecular formula is C10H14BrNO2. The molecule has 4 heteroatoms. The Morgan fingerprint density at radius 2 is 1.71 bits per heavy atom. The highest BCUT2D eigenvalue weighted by Crippen LogP contribution is 2.08. The standard InChI is InChI=1S/C7H5BrO.C3H9NO/c8-7-3-1-6(5-9)2-4-7;1-4(2)5-3/h1-5H;1-3H3. The van der Waals surface area contributed by atoms with Crippen LogP contribution in [-0.4, -0.2) is 32.6 Å². The van der Waals surface area contributed by atoms with Crippen LogP contribution in [0.1, 0.15) is 10.4 Å². The van der Waals surface area contributed by atoms with Gasteiger partial charge in [0.1, 0.15) is 6.29 Å². The van der Waals surface area contributed by atoms with Gasteiger partial charge in [-0.15, -0.1) is 0 Å². The quantitative estimate of drug-likeness (QED) is 0.604. The second-order valence-corrected chi connectivity index (χ2v) is 3.58. The highest BCUT2D eigenvalue weighted by atomic mass is 79.9. The Balaban J connectivity index is 0.000000292. The van der Waals surface area contributed by atoms with E-state index in [-0.39, 0.29) is 0 Å². The highest BCUT2D eigenvalue weighted by molar-refractivity contribution is 9.10. The molecule has 14 heavy (non-hydrogen) atoms. The summed E-state index contributed by atoms with van der Waals surface area (Å²) in [6.07, 6.45) is 0.826. The number of carbonyl (C=O) groups is 1. The molecule has 1 rings (SSSR count). The van der Waals surface area contributed by atoms with Gasteiger partial charge in [0.15, 0.2) is 0 Å². The van der Waals surface area contributed by atoms with Crippen molar-refractivity contribution in [2.24, 2.45) is 0 Å². The summed E-state index contributed by atoms with van der Waals surface area (Å²) in [5.41, 5.74) is 0.707. The maximum Gasteiger partial charge on any atom is 0.150 e. The van der Waals surface area contributed by atoms with E-state index >= 15 is 0 Å². The Hall–Kier alpha value is -0.710. The zero-order valence-electron chi connectivity index (χ0n) is 8.53. The second-order valence-electron chi connectivity index (χ2n) is 2.66. The van der Waals surface area contributed by atoms with Crippen LogP contribution in [-0.2, 0) is 4.84 Å². The molecule has 0 aliphatic heterocycles. The third kappa shape index (κ3) is 6.77. The molecule has 0 heterocycles. The Bertz CT molecular complexity index is 259. The van der Waals surface area contributed by atoms with Crippen LogP contribution >= 0.6 is 15.9 Å². The predicted octanol–water partition coefficient (Wildman–Crippen LogP) is 2.37. The molecule has 0 aliphatic carbocycles. The van der Waals surface area contributed by atoms with Gasteiger partial charge in [0.05, 0.1) is 7.11 Å². The van der Waals surface area contributed by atoms with Gasteiger partial charge in [-0.3, -0.25) is 4.79 Å². The number of hydrogen-bond acceptors (Lipinski definition) is 3. The summed E-state index contributed by atoms with van der Waals surface area (Å²) in [7, 11) is 5.29. The van der Waals surface area contributed by atoms with Crippen LogP contribution in [0.4, 0.5) is 0 Å². The number of rotatable bonds is 2. The average molecular weight is 260 g/mol. The first kappa shape index (κ1) is 13.3. The molecule has 0 spiro atoms. The van der Waals surface area contributed by atoms with Crippen molar-refractivity contribution in [1.29, 1.82) is 0 Å². The molecule has 0 unspecified atom stereocenters. The van der Waals surface area contributed by atoms with Crippen molar-refractivity contribution < 1.29 is 9.63 Å². The summed E-state index contributed by atoms with van der Waals surface area (Å²) in [6.45, 7) is 0. The first-order valence-corrected chi connectivity index (χ1v) is 4.81. The zero-order chi connectivity index (χ0) is 11.0. The first-order chi connectivity index (χ1) is 6.60. The molecule has 0 saturated heterocycles. The van der Waals surface area contributed by atoms with Crippen LogP contribution in [0.15, 0.2) is 28.7 Å². The number of carbonyl (C=O) groups excluding carboxylic acids is 1. The van der Waals surface area contributed by atoms with Crippen molar-refractivity contribution in [3.8, 4) is 0 Å². The molecule has 78 valence electrons. The minimum atomic E-state index is 0.707. The third-order valence-electron chi connectivity index (χ3n) is 1.37. The van der Waals surface area contributed by atoms with E-state index in [0.29, 0.717) is 5.56 Å². The highest BCUT2D eigenvalue weighted by Gasteiger charge is 1.86. The SMILES string of the molecule is CON(C)C.O=Cc1ccc(Br)cc1. The number of nitrogens with zero attached hydrogens (tertiary/aromatic N) is 1. The topological polar surface area (TPSA) is 29.5 Å². The van der Waals surface area contributed by atoms with Crippen LogP contribution in [0.3, 0.4) is 0 Å². The van der Waals surface area contributed by atoms with Gasteiger partial charge < -0.3 is 4.84 Å². The van der Waals surface area contributed by atoms with E-state index in [1.807, 2.05) is 26.2 Å². The van der Waals surface area contributed by atoms with Crippen molar-refractivity contribution >= 4 is 22.2 Å². The largest absolute Gasteiger partial charge is 0.303 e. The fourth-order valence-electron chi connectivity index (χ4n) is 0.541. The fraction of sp³-hybridized carbons (Fsp3) is 0.300. The van der Waals surface area contributed by atoms with Gasteiger partial charge >= 0.3 is 0 Å². The molecule has 0 fully saturated rings. The van der Waals surface area contributed by atoms with Gasteiger partial charge in [-0.2, -0.15) is 5.06 Å². The molecule has 0 N–H and O–H groups in total. The summed E-state index contributed by atoms with van der Waals surface area (Å²) in [6, 6.07) is 7.20. The van der Waals surface area contributed by atoms with Gasteiger partial charge in [-0.1, -0.05) is 28.1 Å². The lowest BCUT2D eigenvalue weighted by Crippen LogP contribution is -2.07. The van der Waals surface area contributed by atoms with E-state index in [2.05, 4.69) is 20.8 Å². The molecule has 0 bridgehead atoms. The third-order valence-corrected chi connectivity index (χ3v) is 1.90. The maximum absolute atomic E-state index is 10.1. The van der Waals surface area contributed by atoms with Crippen molar-refractivity contribution in [2.45, 2.75) is 0 Å². The van der Waals surface area contributed by atoms with Gasteiger partial charge in [-0.25, -0.2) is 0 Å². The van der Waals surface area contributed by atoms with Crippen molar-refractivity contribution in [2.75, 3.05) is 21.2 Å². The summed E-state index contributed by atoms with van der Waals surface area (Å²) >= 11 is 3.26. The van der Waals surface area contributed by atoms with Gasteiger partial charge in [0.2, 0.25) is 0 Å². The lowest BCUT2D eigenvalue weighted by atomic mass is 10.2. The average Bonchev–Trinajstić information content (AvgIpc) is 2.20. The smallest absolute Gasteiger partial charge is 0.150 e. The second kappa shape index (κ2) is 7.67. The summed E-state index contributed by atoms with van der Waals surface area (Å²) in [5, 5.41) is 1.62. The van der Waals surface area contributed by atoms with E-state index in [9.17, 15) is 4.79 Å². The Morgan fingerprint density at radius 3 is 2.00 bits per heavy atom. The normalized spacial score (nSPS) is 9.21. The monoisotopic (exact) mass is 259 g/mol. The molecular weight excluding hydrogens is 246 g/mol. The Morgan fingerprint density at radius 1 is 1.29 bits per heavy atom. The number of aldehydes is 1. The Kier molecular flexibility index (Phi) is 7.28. The van der Waals surface area contributed by atoms with Crippen molar-refractivity contribution in [1.82, 2.24) is 5.06 Å². The van der Waals surface area contributed by atoms with E-state index < -0.39 is 0 Å². The molecule has 1 aromatic carbocycles.